The Kier molecular flexibility index (Phi) is 8.34. The Hall–Kier alpha value is -3.49. The van der Waals surface area contributed by atoms with Crippen molar-refractivity contribution in [3.05, 3.63) is 76.7 Å². The van der Waals surface area contributed by atoms with Crippen molar-refractivity contribution in [2.24, 2.45) is 5.92 Å². The fourth-order valence-corrected chi connectivity index (χ4v) is 5.99. The second-order valence-electron chi connectivity index (χ2n) is 11.9. The number of rotatable bonds is 8. The van der Waals surface area contributed by atoms with Crippen molar-refractivity contribution in [3.63, 3.8) is 0 Å². The monoisotopic (exact) mass is 562 g/mol. The molecule has 218 valence electrons. The van der Waals surface area contributed by atoms with Gasteiger partial charge in [0, 0.05) is 23.7 Å². The smallest absolute Gasteiger partial charge is 0.309 e. The van der Waals surface area contributed by atoms with Gasteiger partial charge in [-0.15, -0.1) is 0 Å². The first kappa shape index (κ1) is 29.0. The van der Waals surface area contributed by atoms with Gasteiger partial charge in [-0.25, -0.2) is 9.37 Å². The van der Waals surface area contributed by atoms with Gasteiger partial charge in [0.2, 0.25) is 5.88 Å². The predicted molar refractivity (Wildman–Crippen MR) is 154 cm³/mol. The lowest BCUT2D eigenvalue weighted by Gasteiger charge is -2.43. The summed E-state index contributed by atoms with van der Waals surface area (Å²) in [6.07, 6.45) is 4.84. The molecule has 8 heteroatoms. The molecule has 0 amide bonds. The average molecular weight is 563 g/mol. The lowest BCUT2D eigenvalue weighted by Crippen LogP contribution is -2.46. The fraction of sp³-hybridized carbons (Fsp3) is 0.455. The van der Waals surface area contributed by atoms with Crippen LogP contribution in [0, 0.1) is 11.7 Å². The highest BCUT2D eigenvalue weighted by Gasteiger charge is 2.31. The molecule has 3 atom stereocenters. The number of likely N-dealkylation sites (tertiary alicyclic amines) is 1. The topological polar surface area (TPSA) is 92.1 Å². The van der Waals surface area contributed by atoms with Gasteiger partial charge in [0.15, 0.2) is 0 Å². The number of benzene rings is 2. The Morgan fingerprint density at radius 1 is 1.20 bits per heavy atom. The summed E-state index contributed by atoms with van der Waals surface area (Å²) < 4.78 is 26.9. The number of aliphatic hydroxyl groups excluding tert-OH is 1. The first-order chi connectivity index (χ1) is 19.6. The van der Waals surface area contributed by atoms with Gasteiger partial charge in [-0.3, -0.25) is 9.69 Å². The number of carboxylic acid groups (broad SMARTS) is 1. The van der Waals surface area contributed by atoms with Crippen LogP contribution in [0.4, 0.5) is 4.39 Å². The molecule has 0 aliphatic carbocycles. The van der Waals surface area contributed by atoms with Crippen LogP contribution in [0.15, 0.2) is 48.7 Å². The van der Waals surface area contributed by atoms with Gasteiger partial charge in [0.25, 0.3) is 0 Å². The highest BCUT2D eigenvalue weighted by molar-refractivity contribution is 5.71. The summed E-state index contributed by atoms with van der Waals surface area (Å²) in [7, 11) is 1.52. The highest BCUT2D eigenvalue weighted by atomic mass is 19.1. The van der Waals surface area contributed by atoms with E-state index in [-0.39, 0.29) is 11.6 Å². The molecule has 41 heavy (non-hydrogen) atoms. The van der Waals surface area contributed by atoms with Crippen molar-refractivity contribution in [3.8, 4) is 22.8 Å². The number of carbonyl (C=O) groups is 1. The molecule has 7 nitrogen and oxygen atoms in total. The van der Waals surface area contributed by atoms with E-state index in [1.807, 2.05) is 18.2 Å². The van der Waals surface area contributed by atoms with Crippen molar-refractivity contribution >= 4 is 5.97 Å². The van der Waals surface area contributed by atoms with Gasteiger partial charge in [-0.2, -0.15) is 0 Å². The second kappa shape index (κ2) is 11.8. The Balaban J connectivity index is 1.49. The largest absolute Gasteiger partial charge is 0.485 e. The van der Waals surface area contributed by atoms with Gasteiger partial charge >= 0.3 is 5.97 Å². The number of fused-ring (bicyclic) bond motifs is 1. The minimum Gasteiger partial charge on any atom is -0.485 e. The Labute approximate surface area is 240 Å². The molecule has 0 radical (unpaired) electrons. The van der Waals surface area contributed by atoms with E-state index in [1.54, 1.807) is 18.2 Å². The van der Waals surface area contributed by atoms with Crippen LogP contribution in [-0.2, 0) is 17.8 Å². The first-order valence-electron chi connectivity index (χ1n) is 14.4. The molecule has 1 saturated heterocycles. The quantitative estimate of drug-likeness (QED) is 0.325. The molecule has 5 rings (SSSR count). The van der Waals surface area contributed by atoms with E-state index in [1.165, 1.54) is 26.7 Å². The number of aromatic nitrogens is 1. The molecule has 2 aliphatic rings. The molecule has 3 aromatic rings. The first-order valence-corrected chi connectivity index (χ1v) is 14.4. The van der Waals surface area contributed by atoms with E-state index >= 15 is 4.39 Å². The van der Waals surface area contributed by atoms with Gasteiger partial charge in [0.1, 0.15) is 17.7 Å². The summed E-state index contributed by atoms with van der Waals surface area (Å²) in [5, 5.41) is 19.9. The number of aliphatic hydroxyl groups is 1. The Morgan fingerprint density at radius 2 is 2.00 bits per heavy atom. The lowest BCUT2D eigenvalue weighted by molar-refractivity contribution is -0.145. The molecule has 0 saturated carbocycles. The third kappa shape index (κ3) is 6.09. The van der Waals surface area contributed by atoms with E-state index in [2.05, 4.69) is 29.8 Å². The number of aliphatic carboxylic acids is 1. The van der Waals surface area contributed by atoms with Gasteiger partial charge < -0.3 is 19.7 Å². The van der Waals surface area contributed by atoms with Crippen LogP contribution in [0.25, 0.3) is 11.1 Å². The van der Waals surface area contributed by atoms with Crippen LogP contribution in [-0.4, -0.2) is 45.3 Å². The van der Waals surface area contributed by atoms with Crippen molar-refractivity contribution < 1.29 is 28.9 Å². The van der Waals surface area contributed by atoms with Crippen molar-refractivity contribution in [2.75, 3.05) is 13.7 Å². The number of hydrogen-bond donors (Lipinski definition) is 2. The summed E-state index contributed by atoms with van der Waals surface area (Å²) >= 11 is 0. The molecule has 2 aliphatic heterocycles. The van der Waals surface area contributed by atoms with Crippen LogP contribution >= 0.6 is 0 Å². The van der Waals surface area contributed by atoms with Crippen molar-refractivity contribution in [1.82, 2.24) is 9.88 Å². The number of hydrogen-bond acceptors (Lipinski definition) is 6. The molecular formula is C33H39FN2O5. The van der Waals surface area contributed by atoms with E-state index in [0.717, 1.165) is 54.5 Å². The van der Waals surface area contributed by atoms with Crippen LogP contribution in [0.1, 0.15) is 80.9 Å². The SMILES string of the molecule is COc1cc(-c2ccc([C@H]3CCc4ccc([C@H](O)[C@H](C)C(=O)O)cc4O3)cc2CN2CCCCC2(C)C)c(F)cn1. The molecular weight excluding hydrogens is 523 g/mol. The second-order valence-corrected chi connectivity index (χ2v) is 11.9. The van der Waals surface area contributed by atoms with Crippen LogP contribution in [0.3, 0.4) is 0 Å². The van der Waals surface area contributed by atoms with Crippen LogP contribution < -0.4 is 9.47 Å². The molecule has 2 N–H and O–H groups in total. The number of nitrogens with zero attached hydrogens (tertiary/aromatic N) is 2. The Bertz CT molecular complexity index is 1420. The number of methoxy groups -OCH3 is 1. The summed E-state index contributed by atoms with van der Waals surface area (Å²) in [5.41, 5.74) is 4.84. The van der Waals surface area contributed by atoms with Crippen molar-refractivity contribution in [1.29, 1.82) is 0 Å². The van der Waals surface area contributed by atoms with Crippen LogP contribution in [0.2, 0.25) is 0 Å². The van der Waals surface area contributed by atoms with Crippen LogP contribution in [0.5, 0.6) is 11.6 Å². The number of carboxylic acids is 1. The summed E-state index contributed by atoms with van der Waals surface area (Å²) in [4.78, 5) is 17.9. The standard InChI is InChI=1S/C33H39FN2O5/c1-20(32(38)39)31(37)23-8-7-21-10-12-28(41-29(21)16-23)22-9-11-25(26-17-30(40-4)35-18-27(26)34)24(15-22)19-36-14-6-5-13-33(36,2)3/h7-9,11,15-18,20,28,31,37H,5-6,10,12-14,19H2,1-4H3,(H,38,39)/t20-,28+,31+/m0/s1. The maximum absolute atomic E-state index is 15.1. The van der Waals surface area contributed by atoms with Gasteiger partial charge in [-0.05, 0) is 86.9 Å². The third-order valence-corrected chi connectivity index (χ3v) is 8.76. The molecule has 0 bridgehead atoms. The molecule has 1 fully saturated rings. The lowest BCUT2D eigenvalue weighted by atomic mass is 9.88. The van der Waals surface area contributed by atoms with E-state index in [4.69, 9.17) is 9.47 Å². The number of pyridine rings is 1. The zero-order valence-electron chi connectivity index (χ0n) is 24.2. The summed E-state index contributed by atoms with van der Waals surface area (Å²) in [6, 6.07) is 13.2. The van der Waals surface area contributed by atoms with E-state index in [9.17, 15) is 15.0 Å². The van der Waals surface area contributed by atoms with E-state index in [0.29, 0.717) is 29.3 Å². The highest BCUT2D eigenvalue weighted by Crippen LogP contribution is 2.40. The Morgan fingerprint density at radius 3 is 2.73 bits per heavy atom. The molecule has 0 unspecified atom stereocenters. The maximum Gasteiger partial charge on any atom is 0.309 e. The van der Waals surface area contributed by atoms with Gasteiger partial charge in [0.05, 0.1) is 25.3 Å². The third-order valence-electron chi connectivity index (χ3n) is 8.76. The number of piperidine rings is 1. The maximum atomic E-state index is 15.1. The minimum atomic E-state index is -1.13. The minimum absolute atomic E-state index is 0.0323. The number of ether oxygens (including phenoxy) is 2. The molecule has 3 heterocycles. The number of aryl methyl sites for hydroxylation is 1. The van der Waals surface area contributed by atoms with E-state index < -0.39 is 23.8 Å². The molecule has 0 spiro atoms. The summed E-state index contributed by atoms with van der Waals surface area (Å²) in [5.74, 6) is -1.38. The zero-order chi connectivity index (χ0) is 29.3. The number of halogens is 1. The zero-order valence-corrected chi connectivity index (χ0v) is 24.2. The van der Waals surface area contributed by atoms with Crippen molar-refractivity contribution in [2.45, 2.75) is 77.2 Å². The predicted octanol–water partition coefficient (Wildman–Crippen LogP) is 6.48. The average Bonchev–Trinajstić information content (AvgIpc) is 2.97. The molecule has 1 aromatic heterocycles. The summed E-state index contributed by atoms with van der Waals surface area (Å²) in [6.45, 7) is 7.68. The van der Waals surface area contributed by atoms with Gasteiger partial charge in [-0.1, -0.05) is 36.8 Å². The fourth-order valence-electron chi connectivity index (χ4n) is 5.99. The normalized spacial score (nSPS) is 20.0. The molecule has 2 aromatic carbocycles.